The van der Waals surface area contributed by atoms with Crippen molar-refractivity contribution in [2.24, 2.45) is 51.2 Å². The van der Waals surface area contributed by atoms with Gasteiger partial charge in [0.25, 0.3) is 0 Å². The van der Waals surface area contributed by atoms with Gasteiger partial charge in [-0.3, -0.25) is 9.59 Å². The van der Waals surface area contributed by atoms with Crippen molar-refractivity contribution in [1.82, 2.24) is 0 Å². The van der Waals surface area contributed by atoms with Crippen LogP contribution in [0.3, 0.4) is 0 Å². The second-order valence-electron chi connectivity index (χ2n) is 15.4. The average Bonchev–Trinajstić information content (AvgIpc) is 2.88. The second kappa shape index (κ2) is 10.2. The predicted molar refractivity (Wildman–Crippen MR) is 160 cm³/mol. The molecule has 4 fully saturated rings. The molecule has 5 aliphatic carbocycles. The van der Waals surface area contributed by atoms with Crippen LogP contribution >= 0.6 is 0 Å². The summed E-state index contributed by atoms with van der Waals surface area (Å²) in [6.45, 7) is 23.0. The van der Waals surface area contributed by atoms with Crippen molar-refractivity contribution < 1.29 is 19.1 Å². The Morgan fingerprint density at radius 2 is 1.73 bits per heavy atom. The molecule has 0 heterocycles. The Morgan fingerprint density at radius 3 is 2.40 bits per heavy atom. The van der Waals surface area contributed by atoms with Gasteiger partial charge in [0.15, 0.2) is 0 Å². The van der Waals surface area contributed by atoms with Crippen molar-refractivity contribution in [3.8, 4) is 0 Å². The maximum absolute atomic E-state index is 14.0. The van der Waals surface area contributed by atoms with Gasteiger partial charge in [-0.05, 0) is 129 Å². The molecule has 5 rings (SSSR count). The maximum atomic E-state index is 14.0. The van der Waals surface area contributed by atoms with Crippen LogP contribution in [0, 0.1) is 51.2 Å². The van der Waals surface area contributed by atoms with Crippen LogP contribution < -0.4 is 0 Å². The summed E-state index contributed by atoms with van der Waals surface area (Å²) in [5.41, 5.74) is 3.88. The Hall–Kier alpha value is -1.84. The van der Waals surface area contributed by atoms with Crippen LogP contribution in [0.4, 0.5) is 0 Å². The Kier molecular flexibility index (Phi) is 7.53. The van der Waals surface area contributed by atoms with Gasteiger partial charge in [-0.1, -0.05) is 58.4 Å². The fourth-order valence-corrected chi connectivity index (χ4v) is 10.8. The minimum Gasteiger partial charge on any atom is -0.461 e. The van der Waals surface area contributed by atoms with Crippen LogP contribution in [0.25, 0.3) is 0 Å². The average molecular weight is 551 g/mol. The summed E-state index contributed by atoms with van der Waals surface area (Å²) in [7, 11) is 0. The minimum absolute atomic E-state index is 0.0414. The third kappa shape index (κ3) is 4.20. The molecule has 0 aromatic rings. The lowest BCUT2D eigenvalue weighted by Gasteiger charge is -2.70. The molecule has 0 aromatic heterocycles. The summed E-state index contributed by atoms with van der Waals surface area (Å²) in [6.07, 6.45) is 13.8. The zero-order valence-corrected chi connectivity index (χ0v) is 26.5. The number of carbonyl (C=O) groups excluding carboxylic acids is 2. The van der Waals surface area contributed by atoms with Gasteiger partial charge in [0.05, 0.1) is 5.41 Å². The quantitative estimate of drug-likeness (QED) is 0.260. The zero-order chi connectivity index (χ0) is 29.3. The summed E-state index contributed by atoms with van der Waals surface area (Å²) < 4.78 is 11.8. The molecule has 0 N–H and O–H groups in total. The van der Waals surface area contributed by atoms with Gasteiger partial charge >= 0.3 is 11.9 Å². The van der Waals surface area contributed by atoms with E-state index in [9.17, 15) is 9.59 Å². The van der Waals surface area contributed by atoms with E-state index in [1.165, 1.54) is 12.5 Å². The molecule has 4 saturated carbocycles. The third-order valence-electron chi connectivity index (χ3n) is 13.5. The molecule has 0 aromatic carbocycles. The van der Waals surface area contributed by atoms with Gasteiger partial charge in [0.2, 0.25) is 0 Å². The predicted octanol–water partition coefficient (Wildman–Crippen LogP) is 8.62. The molecule has 0 spiro atoms. The Balaban J connectivity index is 1.51. The highest BCUT2D eigenvalue weighted by Crippen LogP contribution is 2.75. The van der Waals surface area contributed by atoms with Crippen molar-refractivity contribution in [2.75, 3.05) is 6.61 Å². The van der Waals surface area contributed by atoms with Crippen molar-refractivity contribution in [1.29, 1.82) is 0 Å². The standard InChI is InChI=1S/C36H54O4/c1-22(2)15-21-39-32(38)36-18-12-23(3)24(4)31(36)28-10-11-30-33(7)16-14-29(40-26(6)37)25(5)27(33)13-17-35(30,9)34(28,8)19-20-36/h10,15,23-24,27,29-31H,5,11-14,16-21H2,1-4,6-9H3. The number of esters is 2. The van der Waals surface area contributed by atoms with E-state index >= 15 is 0 Å². The number of carbonyl (C=O) groups is 2. The number of hydrogen-bond donors (Lipinski definition) is 0. The lowest BCUT2D eigenvalue weighted by molar-refractivity contribution is -0.181. The minimum atomic E-state index is -0.395. The van der Waals surface area contributed by atoms with Crippen molar-refractivity contribution in [3.05, 3.63) is 35.5 Å². The van der Waals surface area contributed by atoms with Crippen LogP contribution in [-0.4, -0.2) is 24.6 Å². The van der Waals surface area contributed by atoms with E-state index in [0.29, 0.717) is 30.3 Å². The van der Waals surface area contributed by atoms with Crippen LogP contribution in [0.5, 0.6) is 0 Å². The summed E-state index contributed by atoms with van der Waals surface area (Å²) in [6, 6.07) is 0. The van der Waals surface area contributed by atoms with Gasteiger partial charge in [-0.2, -0.15) is 0 Å². The van der Waals surface area contributed by atoms with E-state index in [1.54, 1.807) is 5.57 Å². The fraction of sp³-hybridized carbons (Fsp3) is 0.778. The summed E-state index contributed by atoms with van der Waals surface area (Å²) in [4.78, 5) is 25.8. The van der Waals surface area contributed by atoms with Gasteiger partial charge < -0.3 is 9.47 Å². The van der Waals surface area contributed by atoms with E-state index in [-0.39, 0.29) is 40.2 Å². The molecule has 4 nitrogen and oxygen atoms in total. The SMILES string of the molecule is C=C1C(OC(C)=O)CCC2(C)C1CCC1(C)C2CC=C2C3C(C)C(C)CCC3(C(=O)OCC=C(C)C)CCC21C. The summed E-state index contributed by atoms with van der Waals surface area (Å²) >= 11 is 0. The van der Waals surface area contributed by atoms with Gasteiger partial charge in [-0.25, -0.2) is 0 Å². The molecule has 4 heteroatoms. The van der Waals surface area contributed by atoms with Gasteiger partial charge in [-0.15, -0.1) is 0 Å². The molecule has 0 aliphatic heterocycles. The highest BCUT2D eigenvalue weighted by Gasteiger charge is 2.68. The number of hydrogen-bond acceptors (Lipinski definition) is 4. The van der Waals surface area contributed by atoms with E-state index in [4.69, 9.17) is 9.47 Å². The van der Waals surface area contributed by atoms with Gasteiger partial charge in [0, 0.05) is 6.92 Å². The molecule has 10 atom stereocenters. The van der Waals surface area contributed by atoms with E-state index in [1.807, 2.05) is 6.08 Å². The number of ether oxygens (including phenoxy) is 2. The summed E-state index contributed by atoms with van der Waals surface area (Å²) in [5.74, 6) is 2.10. The maximum Gasteiger partial charge on any atom is 0.313 e. The first-order chi connectivity index (χ1) is 18.7. The third-order valence-corrected chi connectivity index (χ3v) is 13.5. The van der Waals surface area contributed by atoms with E-state index in [2.05, 4.69) is 61.1 Å². The van der Waals surface area contributed by atoms with Crippen LogP contribution in [0.1, 0.15) is 113 Å². The smallest absolute Gasteiger partial charge is 0.313 e. The number of allylic oxidation sites excluding steroid dienone is 3. The largest absolute Gasteiger partial charge is 0.461 e. The molecule has 0 bridgehead atoms. The Morgan fingerprint density at radius 1 is 1.00 bits per heavy atom. The van der Waals surface area contributed by atoms with Crippen LogP contribution in [-0.2, 0) is 19.1 Å². The lowest BCUT2D eigenvalue weighted by atomic mass is 9.34. The van der Waals surface area contributed by atoms with Gasteiger partial charge in [0.1, 0.15) is 12.7 Å². The highest BCUT2D eigenvalue weighted by atomic mass is 16.5. The topological polar surface area (TPSA) is 52.6 Å². The zero-order valence-electron chi connectivity index (χ0n) is 26.5. The molecule has 0 radical (unpaired) electrons. The lowest BCUT2D eigenvalue weighted by Crippen LogP contribution is -2.63. The molecule has 0 saturated heterocycles. The number of rotatable bonds is 4. The van der Waals surface area contributed by atoms with Crippen molar-refractivity contribution in [3.63, 3.8) is 0 Å². The molecule has 0 amide bonds. The van der Waals surface area contributed by atoms with E-state index in [0.717, 1.165) is 63.4 Å². The Bertz CT molecular complexity index is 1130. The molecular formula is C36H54O4. The monoisotopic (exact) mass is 550 g/mol. The van der Waals surface area contributed by atoms with Crippen LogP contribution in [0.15, 0.2) is 35.5 Å². The summed E-state index contributed by atoms with van der Waals surface area (Å²) in [5, 5.41) is 0. The van der Waals surface area contributed by atoms with Crippen LogP contribution in [0.2, 0.25) is 0 Å². The molecular weight excluding hydrogens is 496 g/mol. The molecule has 40 heavy (non-hydrogen) atoms. The molecule has 5 aliphatic rings. The first kappa shape index (κ1) is 29.6. The van der Waals surface area contributed by atoms with Crippen molar-refractivity contribution in [2.45, 2.75) is 119 Å². The first-order valence-corrected chi connectivity index (χ1v) is 16.1. The van der Waals surface area contributed by atoms with E-state index < -0.39 is 5.41 Å². The molecule has 10 unspecified atom stereocenters. The Labute approximate surface area is 243 Å². The molecule has 222 valence electrons. The fourth-order valence-electron chi connectivity index (χ4n) is 10.8. The highest BCUT2D eigenvalue weighted by molar-refractivity contribution is 5.79. The van der Waals surface area contributed by atoms with Crippen molar-refractivity contribution >= 4 is 11.9 Å². The number of fused-ring (bicyclic) bond motifs is 7. The normalized spacial score (nSPS) is 46.0. The first-order valence-electron chi connectivity index (χ1n) is 16.1. The second-order valence-corrected chi connectivity index (χ2v) is 15.4.